The topological polar surface area (TPSA) is 9.86 Å². The van der Waals surface area contributed by atoms with Gasteiger partial charge in [-0.3, -0.25) is 0 Å². The second-order valence-corrected chi connectivity index (χ2v) is 17.8. The van der Waals surface area contributed by atoms with Crippen LogP contribution in [-0.4, -0.2) is 9.13 Å². The van der Waals surface area contributed by atoms with E-state index in [0.29, 0.717) is 0 Å². The monoisotopic (exact) mass is 736 g/mol. The summed E-state index contributed by atoms with van der Waals surface area (Å²) in [5, 5.41) is 10.7. The van der Waals surface area contributed by atoms with Crippen LogP contribution in [0.2, 0.25) is 0 Å². The summed E-state index contributed by atoms with van der Waals surface area (Å²) in [4.78, 5) is 0. The van der Waals surface area contributed by atoms with Crippen LogP contribution in [0.1, 0.15) is 25.0 Å². The molecule has 0 unspecified atom stereocenters. The number of hydrogen-bond donors (Lipinski definition) is 0. The lowest BCUT2D eigenvalue weighted by molar-refractivity contribution is 0.659. The van der Waals surface area contributed by atoms with Crippen LogP contribution in [0.25, 0.3) is 106 Å². The first-order chi connectivity index (χ1) is 27.0. The van der Waals surface area contributed by atoms with E-state index in [0.717, 1.165) is 0 Å². The summed E-state index contributed by atoms with van der Waals surface area (Å²) in [5.41, 5.74) is 12.6. The van der Waals surface area contributed by atoms with Gasteiger partial charge in [0.1, 0.15) is 0 Å². The van der Waals surface area contributed by atoms with Crippen molar-refractivity contribution in [2.45, 2.75) is 19.3 Å². The zero-order valence-corrected chi connectivity index (χ0v) is 31.9. The Balaban J connectivity index is 1.01. The van der Waals surface area contributed by atoms with Crippen LogP contribution in [0.5, 0.6) is 0 Å². The van der Waals surface area contributed by atoms with Gasteiger partial charge in [-0.05, 0) is 95.1 Å². The molecule has 0 fully saturated rings. The van der Waals surface area contributed by atoms with Crippen molar-refractivity contribution >= 4 is 107 Å². The third kappa shape index (κ3) is 3.83. The van der Waals surface area contributed by atoms with Gasteiger partial charge in [-0.2, -0.15) is 0 Å². The molecular weight excluding hydrogens is 705 g/mol. The largest absolute Gasteiger partial charge is 0.309 e. The highest BCUT2D eigenvalue weighted by Crippen LogP contribution is 2.52. The highest BCUT2D eigenvalue weighted by atomic mass is 32.1. The Labute approximate surface area is 324 Å². The number of rotatable bonds is 2. The summed E-state index contributed by atoms with van der Waals surface area (Å²) in [6.45, 7) is 4.82. The van der Waals surface area contributed by atoms with Gasteiger partial charge in [-0.1, -0.05) is 98.8 Å². The van der Waals surface area contributed by atoms with Crippen LogP contribution in [0.15, 0.2) is 158 Å². The second kappa shape index (κ2) is 10.5. The summed E-state index contributed by atoms with van der Waals surface area (Å²) >= 11 is 3.78. The predicted molar refractivity (Wildman–Crippen MR) is 238 cm³/mol. The zero-order valence-electron chi connectivity index (χ0n) is 30.2. The fourth-order valence-electron chi connectivity index (χ4n) is 10.1. The number of aromatic nitrogens is 2. The molecule has 1 aliphatic carbocycles. The van der Waals surface area contributed by atoms with E-state index in [1.807, 2.05) is 22.7 Å². The van der Waals surface area contributed by atoms with Crippen molar-refractivity contribution in [3.05, 3.63) is 169 Å². The van der Waals surface area contributed by atoms with E-state index in [2.05, 4.69) is 181 Å². The molecule has 4 heterocycles. The van der Waals surface area contributed by atoms with Gasteiger partial charge in [0.2, 0.25) is 0 Å². The van der Waals surface area contributed by atoms with E-state index in [1.165, 1.54) is 118 Å². The first kappa shape index (κ1) is 30.2. The maximum atomic E-state index is 2.49. The SMILES string of the molecule is CC1(C)c2cc(-n3c4ccccc4c4c5c(ccc43)sc3ccccc35)ccc2-c2ccc(-n3c4ccccc4c4c5c(ccc43)sc3ccccc35)cc21. The fraction of sp³-hybridized carbons (Fsp3) is 0.0588. The molecule has 8 aromatic carbocycles. The zero-order chi connectivity index (χ0) is 36.2. The van der Waals surface area contributed by atoms with Crippen LogP contribution in [0.4, 0.5) is 0 Å². The highest BCUT2D eigenvalue weighted by Gasteiger charge is 2.36. The number of nitrogens with zero attached hydrogens (tertiary/aromatic N) is 2. The lowest BCUT2D eigenvalue weighted by Gasteiger charge is -2.23. The normalized spacial score (nSPS) is 13.8. The molecule has 0 aliphatic heterocycles. The van der Waals surface area contributed by atoms with Gasteiger partial charge in [0.05, 0.1) is 22.1 Å². The Kier molecular flexibility index (Phi) is 5.76. The Bertz CT molecular complexity index is 3400. The Hall–Kier alpha value is -6.20. The summed E-state index contributed by atoms with van der Waals surface area (Å²) in [5.74, 6) is 0. The molecule has 2 nitrogen and oxygen atoms in total. The summed E-state index contributed by atoms with van der Waals surface area (Å²) in [6, 6.07) is 59.3. The molecule has 0 saturated carbocycles. The van der Waals surface area contributed by atoms with Crippen molar-refractivity contribution < 1.29 is 0 Å². The average Bonchev–Trinajstić information content (AvgIpc) is 4.00. The minimum atomic E-state index is -0.193. The molecule has 13 rings (SSSR count). The van der Waals surface area contributed by atoms with Crippen LogP contribution in [-0.2, 0) is 5.41 Å². The quantitative estimate of drug-likeness (QED) is 0.167. The van der Waals surface area contributed by atoms with Gasteiger partial charge in [-0.25, -0.2) is 0 Å². The van der Waals surface area contributed by atoms with Crippen LogP contribution < -0.4 is 0 Å². The molecule has 0 bridgehead atoms. The number of fused-ring (bicyclic) bond motifs is 17. The standard InChI is InChI=1S/C51H32N2S2/c1-51(2)37-27-29(52-39-15-7-3-11-33(39)47-41(52)23-25-45-49(47)35-13-5-9-17-43(35)54-45)19-21-31(37)32-22-20-30(28-38(32)51)53-40-16-8-4-12-34(40)48-42(53)24-26-46-50(48)36-14-6-10-18-44(36)55-46/h3-28H,1-2H3. The van der Waals surface area contributed by atoms with Gasteiger partial charge in [0.15, 0.2) is 0 Å². The Morgan fingerprint density at radius 3 is 1.25 bits per heavy atom. The fourth-order valence-corrected chi connectivity index (χ4v) is 12.3. The average molecular weight is 737 g/mol. The van der Waals surface area contributed by atoms with Crippen LogP contribution in [0.3, 0.4) is 0 Å². The third-order valence-electron chi connectivity index (χ3n) is 12.5. The van der Waals surface area contributed by atoms with E-state index >= 15 is 0 Å². The Morgan fingerprint density at radius 1 is 0.364 bits per heavy atom. The molecule has 0 N–H and O–H groups in total. The molecule has 0 atom stereocenters. The molecule has 4 heteroatoms. The van der Waals surface area contributed by atoms with E-state index in [4.69, 9.17) is 0 Å². The minimum Gasteiger partial charge on any atom is -0.309 e. The van der Waals surface area contributed by atoms with Gasteiger partial charge in [0.25, 0.3) is 0 Å². The van der Waals surface area contributed by atoms with Crippen molar-refractivity contribution in [2.24, 2.45) is 0 Å². The molecule has 1 aliphatic rings. The molecule has 4 aromatic heterocycles. The minimum absolute atomic E-state index is 0.193. The van der Waals surface area contributed by atoms with E-state index in [1.54, 1.807) is 0 Å². The van der Waals surface area contributed by atoms with Gasteiger partial charge < -0.3 is 9.13 Å². The molecule has 0 spiro atoms. The van der Waals surface area contributed by atoms with E-state index in [9.17, 15) is 0 Å². The van der Waals surface area contributed by atoms with E-state index < -0.39 is 0 Å². The molecule has 55 heavy (non-hydrogen) atoms. The van der Waals surface area contributed by atoms with Crippen molar-refractivity contribution in [3.8, 4) is 22.5 Å². The second-order valence-electron chi connectivity index (χ2n) is 15.7. The number of hydrogen-bond acceptors (Lipinski definition) is 2. The van der Waals surface area contributed by atoms with Gasteiger partial charge >= 0.3 is 0 Å². The molecule has 0 amide bonds. The molecule has 258 valence electrons. The summed E-state index contributed by atoms with van der Waals surface area (Å²) in [7, 11) is 0. The van der Waals surface area contributed by atoms with Crippen LogP contribution in [0, 0.1) is 0 Å². The lowest BCUT2D eigenvalue weighted by Crippen LogP contribution is -2.16. The maximum Gasteiger partial charge on any atom is 0.0548 e. The van der Waals surface area contributed by atoms with Crippen LogP contribution >= 0.6 is 22.7 Å². The van der Waals surface area contributed by atoms with Gasteiger partial charge in [0, 0.05) is 78.7 Å². The first-order valence-corrected chi connectivity index (χ1v) is 20.6. The van der Waals surface area contributed by atoms with Crippen molar-refractivity contribution in [2.75, 3.05) is 0 Å². The Morgan fingerprint density at radius 2 is 0.782 bits per heavy atom. The molecule has 0 saturated heterocycles. The number of benzene rings is 8. The van der Waals surface area contributed by atoms with Crippen molar-refractivity contribution in [1.82, 2.24) is 9.13 Å². The summed E-state index contributed by atoms with van der Waals surface area (Å²) < 4.78 is 10.4. The molecule has 12 aromatic rings. The smallest absolute Gasteiger partial charge is 0.0548 e. The molecule has 0 radical (unpaired) electrons. The lowest BCUT2D eigenvalue weighted by atomic mass is 9.82. The van der Waals surface area contributed by atoms with E-state index in [-0.39, 0.29) is 5.41 Å². The predicted octanol–water partition coefficient (Wildman–Crippen LogP) is 14.9. The maximum absolute atomic E-state index is 2.49. The number of para-hydroxylation sites is 2. The highest BCUT2D eigenvalue weighted by molar-refractivity contribution is 7.26. The van der Waals surface area contributed by atoms with Gasteiger partial charge in [-0.15, -0.1) is 22.7 Å². The third-order valence-corrected chi connectivity index (χ3v) is 14.8. The number of thiophene rings is 2. The van der Waals surface area contributed by atoms with Crippen molar-refractivity contribution in [3.63, 3.8) is 0 Å². The van der Waals surface area contributed by atoms with Crippen molar-refractivity contribution in [1.29, 1.82) is 0 Å². The molecular formula is C51H32N2S2. The summed E-state index contributed by atoms with van der Waals surface area (Å²) in [6.07, 6.45) is 0. The first-order valence-electron chi connectivity index (χ1n) is 19.0.